The monoisotopic (exact) mass is 341 g/mol. The van der Waals surface area contributed by atoms with Crippen molar-refractivity contribution in [2.75, 3.05) is 20.3 Å². The number of sulfonamides is 1. The Balaban J connectivity index is 2.12. The van der Waals surface area contributed by atoms with Gasteiger partial charge >= 0.3 is 0 Å². The molecule has 0 aliphatic carbocycles. The summed E-state index contributed by atoms with van der Waals surface area (Å²) in [6.45, 7) is 0.752. The Morgan fingerprint density at radius 2 is 2.29 bits per heavy atom. The number of hydrogen-bond acceptors (Lipinski definition) is 5. The van der Waals surface area contributed by atoms with Gasteiger partial charge in [-0.1, -0.05) is 0 Å². The number of ether oxygens (including phenoxy) is 2. The van der Waals surface area contributed by atoms with Crippen LogP contribution in [0.25, 0.3) is 0 Å². The summed E-state index contributed by atoms with van der Waals surface area (Å²) in [5, 5.41) is 0. The predicted octanol–water partition coefficient (Wildman–Crippen LogP) is 1.20. The van der Waals surface area contributed by atoms with Crippen LogP contribution in [-0.4, -0.2) is 40.9 Å². The van der Waals surface area contributed by atoms with Gasteiger partial charge in [-0.25, -0.2) is 13.1 Å². The maximum absolute atomic E-state index is 12.0. The first kappa shape index (κ1) is 13.4. The minimum Gasteiger partial charge on any atom is -0.377 e. The largest absolute Gasteiger partial charge is 0.377 e. The molecule has 0 amide bonds. The second-order valence-electron chi connectivity index (χ2n) is 3.60. The molecule has 96 valence electrons. The molecule has 1 aromatic rings. The second kappa shape index (κ2) is 5.33. The predicted molar refractivity (Wildman–Crippen MR) is 67.7 cm³/mol. The molecule has 1 N–H and O–H groups in total. The molecule has 1 aliphatic rings. The molecule has 1 aromatic heterocycles. The number of halogens is 1. The first-order chi connectivity index (χ1) is 8.03. The van der Waals surface area contributed by atoms with E-state index in [0.717, 1.165) is 3.79 Å². The molecular weight excluding hydrogens is 330 g/mol. The number of hydrogen-bond donors (Lipinski definition) is 1. The van der Waals surface area contributed by atoms with Crippen molar-refractivity contribution in [1.82, 2.24) is 4.72 Å². The highest BCUT2D eigenvalue weighted by molar-refractivity contribution is 9.11. The third-order valence-corrected chi connectivity index (χ3v) is 6.06. The average Bonchev–Trinajstić information content (AvgIpc) is 2.86. The van der Waals surface area contributed by atoms with E-state index in [0.29, 0.717) is 13.2 Å². The summed E-state index contributed by atoms with van der Waals surface area (Å²) in [5.41, 5.74) is 0. The Kier molecular flexibility index (Phi) is 4.22. The molecular formula is C9H12BrNO4S2. The van der Waals surface area contributed by atoms with Crippen LogP contribution in [0.3, 0.4) is 0 Å². The van der Waals surface area contributed by atoms with E-state index in [1.54, 1.807) is 19.2 Å². The van der Waals surface area contributed by atoms with E-state index >= 15 is 0 Å². The Morgan fingerprint density at radius 1 is 1.53 bits per heavy atom. The van der Waals surface area contributed by atoms with Crippen molar-refractivity contribution < 1.29 is 17.9 Å². The van der Waals surface area contributed by atoms with Crippen molar-refractivity contribution in [3.05, 3.63) is 15.9 Å². The number of nitrogens with one attached hydrogen (secondary N) is 1. The summed E-state index contributed by atoms with van der Waals surface area (Å²) < 4.78 is 38.1. The molecule has 0 aromatic carbocycles. The molecule has 2 atom stereocenters. The molecule has 17 heavy (non-hydrogen) atoms. The lowest BCUT2D eigenvalue weighted by molar-refractivity contribution is 0.0761. The molecule has 1 fully saturated rings. The van der Waals surface area contributed by atoms with Gasteiger partial charge in [-0.05, 0) is 28.1 Å². The van der Waals surface area contributed by atoms with Crippen LogP contribution >= 0.6 is 27.3 Å². The van der Waals surface area contributed by atoms with Gasteiger partial charge in [0, 0.05) is 7.11 Å². The highest BCUT2D eigenvalue weighted by atomic mass is 79.9. The van der Waals surface area contributed by atoms with Crippen molar-refractivity contribution in [1.29, 1.82) is 0 Å². The number of methoxy groups -OCH3 is 1. The number of thiophene rings is 1. The maximum atomic E-state index is 12.0. The molecule has 0 bridgehead atoms. The van der Waals surface area contributed by atoms with Gasteiger partial charge in [0.1, 0.15) is 4.21 Å². The van der Waals surface area contributed by atoms with Crippen LogP contribution in [0, 0.1) is 0 Å². The Morgan fingerprint density at radius 3 is 2.88 bits per heavy atom. The molecule has 0 spiro atoms. The van der Waals surface area contributed by atoms with Gasteiger partial charge in [-0.2, -0.15) is 0 Å². The van der Waals surface area contributed by atoms with E-state index in [2.05, 4.69) is 20.7 Å². The van der Waals surface area contributed by atoms with Gasteiger partial charge in [0.25, 0.3) is 10.0 Å². The molecule has 1 saturated heterocycles. The second-order valence-corrected chi connectivity index (χ2v) is 8.00. The van der Waals surface area contributed by atoms with Crippen molar-refractivity contribution in [3.63, 3.8) is 0 Å². The van der Waals surface area contributed by atoms with Gasteiger partial charge in [0.2, 0.25) is 0 Å². The Hall–Kier alpha value is 0.01000. The summed E-state index contributed by atoms with van der Waals surface area (Å²) in [7, 11) is -1.94. The smallest absolute Gasteiger partial charge is 0.250 e. The third-order valence-electron chi connectivity index (χ3n) is 2.45. The summed E-state index contributed by atoms with van der Waals surface area (Å²) >= 11 is 4.41. The van der Waals surface area contributed by atoms with Crippen LogP contribution in [0.15, 0.2) is 20.1 Å². The zero-order valence-corrected chi connectivity index (χ0v) is 12.3. The van der Waals surface area contributed by atoms with E-state index in [4.69, 9.17) is 9.47 Å². The van der Waals surface area contributed by atoms with Gasteiger partial charge in [-0.15, -0.1) is 11.3 Å². The van der Waals surface area contributed by atoms with Gasteiger partial charge in [-0.3, -0.25) is 0 Å². The van der Waals surface area contributed by atoms with E-state index in [9.17, 15) is 8.42 Å². The van der Waals surface area contributed by atoms with E-state index in [-0.39, 0.29) is 16.4 Å². The normalized spacial score (nSPS) is 25.3. The van der Waals surface area contributed by atoms with Crippen molar-refractivity contribution >= 4 is 37.3 Å². The summed E-state index contributed by atoms with van der Waals surface area (Å²) in [6.07, 6.45) is -0.229. The van der Waals surface area contributed by atoms with Crippen molar-refractivity contribution in [2.24, 2.45) is 0 Å². The molecule has 5 nitrogen and oxygen atoms in total. The fourth-order valence-electron chi connectivity index (χ4n) is 1.58. The molecule has 0 radical (unpaired) electrons. The number of rotatable bonds is 4. The zero-order chi connectivity index (χ0) is 12.5. The van der Waals surface area contributed by atoms with Crippen LogP contribution in [0.5, 0.6) is 0 Å². The van der Waals surface area contributed by atoms with E-state index in [1.807, 2.05) is 0 Å². The maximum Gasteiger partial charge on any atom is 0.250 e. The first-order valence-corrected chi connectivity index (χ1v) is 8.00. The van der Waals surface area contributed by atoms with E-state index in [1.165, 1.54) is 11.3 Å². The fourth-order valence-corrected chi connectivity index (χ4v) is 4.85. The minimum atomic E-state index is -3.49. The molecule has 2 rings (SSSR count). The average molecular weight is 342 g/mol. The lowest BCUT2D eigenvalue weighted by atomic mass is 10.2. The summed E-state index contributed by atoms with van der Waals surface area (Å²) in [6, 6.07) is 2.94. The topological polar surface area (TPSA) is 64.6 Å². The minimum absolute atomic E-state index is 0.229. The third kappa shape index (κ3) is 3.07. The summed E-state index contributed by atoms with van der Waals surface area (Å²) in [5.74, 6) is 0. The molecule has 2 heterocycles. The van der Waals surface area contributed by atoms with Crippen LogP contribution in [0.2, 0.25) is 0 Å². The van der Waals surface area contributed by atoms with Crippen LogP contribution in [0.1, 0.15) is 0 Å². The Bertz CT molecular complexity index is 487. The van der Waals surface area contributed by atoms with E-state index < -0.39 is 10.0 Å². The first-order valence-electron chi connectivity index (χ1n) is 4.91. The zero-order valence-electron chi connectivity index (χ0n) is 9.05. The molecule has 0 saturated carbocycles. The summed E-state index contributed by atoms with van der Waals surface area (Å²) in [4.78, 5) is 0. The van der Waals surface area contributed by atoms with Gasteiger partial charge in [0.15, 0.2) is 0 Å². The lowest BCUT2D eigenvalue weighted by Crippen LogP contribution is -2.43. The van der Waals surface area contributed by atoms with Crippen LogP contribution in [0.4, 0.5) is 0 Å². The van der Waals surface area contributed by atoms with Crippen LogP contribution in [-0.2, 0) is 19.5 Å². The highest BCUT2D eigenvalue weighted by Crippen LogP contribution is 2.26. The highest BCUT2D eigenvalue weighted by Gasteiger charge is 2.32. The van der Waals surface area contributed by atoms with Gasteiger partial charge < -0.3 is 9.47 Å². The van der Waals surface area contributed by atoms with Crippen molar-refractivity contribution in [2.45, 2.75) is 16.4 Å². The quantitative estimate of drug-likeness (QED) is 0.893. The fraction of sp³-hybridized carbons (Fsp3) is 0.556. The van der Waals surface area contributed by atoms with Crippen molar-refractivity contribution in [3.8, 4) is 0 Å². The Labute approximate surface area is 112 Å². The molecule has 0 unspecified atom stereocenters. The SMILES string of the molecule is CO[C@@H]1COC[C@@H]1NS(=O)(=O)c1ccc(Br)s1. The standard InChI is InChI=1S/C9H12BrNO4S2/c1-14-7-5-15-4-6(7)11-17(12,13)9-3-2-8(10)16-9/h2-3,6-7,11H,4-5H2,1H3/t6-,7+/m0/s1. The molecule has 8 heteroatoms. The lowest BCUT2D eigenvalue weighted by Gasteiger charge is -2.16. The van der Waals surface area contributed by atoms with Gasteiger partial charge in [0.05, 0.1) is 29.1 Å². The van der Waals surface area contributed by atoms with Crippen LogP contribution < -0.4 is 4.72 Å². The molecule has 1 aliphatic heterocycles.